The van der Waals surface area contributed by atoms with Gasteiger partial charge in [0.15, 0.2) is 0 Å². The summed E-state index contributed by atoms with van der Waals surface area (Å²) in [6.07, 6.45) is 5.28. The van der Waals surface area contributed by atoms with E-state index >= 15 is 0 Å². The molecular formula is C27H38NO2S+. The first-order chi connectivity index (χ1) is 14.7. The molecule has 0 bridgehead atoms. The van der Waals surface area contributed by atoms with Crippen molar-refractivity contribution in [1.82, 2.24) is 0 Å². The van der Waals surface area contributed by atoms with Crippen molar-refractivity contribution in [2.75, 3.05) is 7.11 Å². The molecule has 1 heterocycles. The molecule has 0 N–H and O–H groups in total. The molecule has 168 valence electrons. The van der Waals surface area contributed by atoms with E-state index < -0.39 is 5.41 Å². The van der Waals surface area contributed by atoms with Crippen LogP contribution in [0.25, 0.3) is 11.3 Å². The Balaban J connectivity index is 1.92. The molecular weight excluding hydrogens is 402 g/mol. The zero-order valence-corrected chi connectivity index (χ0v) is 21.1. The normalized spacial score (nSPS) is 27.7. The van der Waals surface area contributed by atoms with Crippen LogP contribution in [-0.2, 0) is 27.9 Å². The number of thiazole rings is 1. The highest BCUT2D eigenvalue weighted by Gasteiger charge is 2.55. The van der Waals surface area contributed by atoms with Gasteiger partial charge in [0.1, 0.15) is 6.54 Å². The van der Waals surface area contributed by atoms with Gasteiger partial charge in [0.2, 0.25) is 10.7 Å². The molecule has 3 atom stereocenters. The number of hydrogen-bond acceptors (Lipinski definition) is 3. The molecule has 0 aliphatic heterocycles. The summed E-state index contributed by atoms with van der Waals surface area (Å²) in [5, 5.41) is 3.68. The van der Waals surface area contributed by atoms with E-state index in [4.69, 9.17) is 4.74 Å². The Morgan fingerprint density at radius 1 is 1.29 bits per heavy atom. The number of methoxy groups -OCH3 is 1. The van der Waals surface area contributed by atoms with Gasteiger partial charge < -0.3 is 4.74 Å². The quantitative estimate of drug-likeness (QED) is 0.410. The maximum absolute atomic E-state index is 12.9. The number of aryl methyl sites for hydroxylation is 2. The summed E-state index contributed by atoms with van der Waals surface area (Å²) in [5.41, 5.74) is 6.77. The van der Waals surface area contributed by atoms with Crippen molar-refractivity contribution in [1.29, 1.82) is 0 Å². The number of carbonyl (C=O) groups excluding carboxylic acids is 1. The van der Waals surface area contributed by atoms with Crippen LogP contribution in [0.5, 0.6) is 0 Å². The summed E-state index contributed by atoms with van der Waals surface area (Å²) >= 11 is 1.84. The lowest BCUT2D eigenvalue weighted by molar-refractivity contribution is -0.683. The Bertz CT molecular complexity index is 1010. The van der Waals surface area contributed by atoms with Crippen LogP contribution in [0.15, 0.2) is 17.5 Å². The molecule has 0 unspecified atom stereocenters. The molecule has 4 rings (SSSR count). The molecule has 2 aromatic rings. The zero-order chi connectivity index (χ0) is 22.6. The lowest BCUT2D eigenvalue weighted by atomic mass is 9.49. The lowest BCUT2D eigenvalue weighted by Crippen LogP contribution is -2.52. The summed E-state index contributed by atoms with van der Waals surface area (Å²) < 4.78 is 7.76. The summed E-state index contributed by atoms with van der Waals surface area (Å²) in [5.74, 6) is 0.778. The predicted molar refractivity (Wildman–Crippen MR) is 128 cm³/mol. The summed E-state index contributed by atoms with van der Waals surface area (Å²) in [7, 11) is 1.55. The van der Waals surface area contributed by atoms with E-state index in [2.05, 4.69) is 63.6 Å². The average Bonchev–Trinajstić information content (AvgIpc) is 3.12. The molecule has 1 aromatic heterocycles. The van der Waals surface area contributed by atoms with Crippen molar-refractivity contribution in [2.45, 2.75) is 91.5 Å². The Kier molecular flexibility index (Phi) is 5.83. The van der Waals surface area contributed by atoms with E-state index in [1.54, 1.807) is 7.11 Å². The number of aromatic nitrogens is 1. The molecule has 2 aliphatic carbocycles. The van der Waals surface area contributed by atoms with Crippen LogP contribution in [0.1, 0.15) is 87.9 Å². The second-order valence-electron chi connectivity index (χ2n) is 10.4. The minimum Gasteiger partial charge on any atom is -0.469 e. The fraction of sp³-hybridized carbons (Fsp3) is 0.630. The zero-order valence-electron chi connectivity index (χ0n) is 20.3. The van der Waals surface area contributed by atoms with E-state index in [-0.39, 0.29) is 11.4 Å². The highest BCUT2D eigenvalue weighted by Crippen LogP contribution is 2.58. The molecule has 31 heavy (non-hydrogen) atoms. The maximum atomic E-state index is 12.9. The van der Waals surface area contributed by atoms with Crippen molar-refractivity contribution >= 4 is 17.3 Å². The summed E-state index contributed by atoms with van der Waals surface area (Å²) in [6.45, 7) is 14.6. The highest BCUT2D eigenvalue weighted by atomic mass is 32.1. The van der Waals surface area contributed by atoms with Crippen LogP contribution in [0.2, 0.25) is 0 Å². The van der Waals surface area contributed by atoms with Gasteiger partial charge in [-0.15, -0.1) is 0 Å². The van der Waals surface area contributed by atoms with Crippen molar-refractivity contribution in [3.05, 3.63) is 39.2 Å². The van der Waals surface area contributed by atoms with Gasteiger partial charge in [0.05, 0.1) is 23.5 Å². The standard InChI is InChI=1S/C27H38NO2S/c1-8-28-18(4)31-16-23(28)21-15-22-19(14-20(21)17(2)3)10-11-24-26(22,5)12-9-13-27(24,6)25(29)30-7/h14-17,24H,8-13H2,1-7H3/q+1/t24-,26-,27-/m1/s1. The first kappa shape index (κ1) is 22.5. The number of rotatable bonds is 4. The predicted octanol–water partition coefficient (Wildman–Crippen LogP) is 6.34. The third-order valence-electron chi connectivity index (χ3n) is 8.40. The average molecular weight is 441 g/mol. The number of fused-ring (bicyclic) bond motifs is 3. The molecule has 0 amide bonds. The Morgan fingerprint density at radius 2 is 2.03 bits per heavy atom. The Morgan fingerprint density at radius 3 is 2.68 bits per heavy atom. The minimum absolute atomic E-state index is 0.0150. The Hall–Kier alpha value is -1.68. The smallest absolute Gasteiger partial charge is 0.311 e. The maximum Gasteiger partial charge on any atom is 0.311 e. The largest absolute Gasteiger partial charge is 0.469 e. The van der Waals surface area contributed by atoms with Gasteiger partial charge in [-0.3, -0.25) is 4.79 Å². The highest BCUT2D eigenvalue weighted by molar-refractivity contribution is 7.09. The lowest BCUT2D eigenvalue weighted by Gasteiger charge is -2.54. The van der Waals surface area contributed by atoms with Crippen molar-refractivity contribution in [3.8, 4) is 11.3 Å². The molecule has 1 saturated carbocycles. The van der Waals surface area contributed by atoms with Crippen molar-refractivity contribution in [2.24, 2.45) is 11.3 Å². The van der Waals surface area contributed by atoms with E-state index in [0.717, 1.165) is 38.6 Å². The van der Waals surface area contributed by atoms with Crippen LogP contribution >= 0.6 is 11.3 Å². The third kappa shape index (κ3) is 3.37. The van der Waals surface area contributed by atoms with Crippen molar-refractivity contribution < 1.29 is 14.1 Å². The number of benzene rings is 1. The van der Waals surface area contributed by atoms with Crippen molar-refractivity contribution in [3.63, 3.8) is 0 Å². The van der Waals surface area contributed by atoms with Gasteiger partial charge in [-0.2, -0.15) is 4.57 Å². The van der Waals surface area contributed by atoms with Crippen LogP contribution < -0.4 is 4.57 Å². The Labute approximate surface area is 191 Å². The summed E-state index contributed by atoms with van der Waals surface area (Å²) in [4.78, 5) is 12.9. The number of hydrogen-bond donors (Lipinski definition) is 0. The van der Waals surface area contributed by atoms with E-state index in [1.807, 2.05) is 11.3 Å². The van der Waals surface area contributed by atoms with E-state index in [9.17, 15) is 4.79 Å². The number of nitrogens with zero attached hydrogens (tertiary/aromatic N) is 1. The van der Waals surface area contributed by atoms with Gasteiger partial charge in [-0.25, -0.2) is 0 Å². The second kappa shape index (κ2) is 8.03. The molecule has 2 aliphatic rings. The first-order valence-electron chi connectivity index (χ1n) is 11.9. The van der Waals surface area contributed by atoms with E-state index in [0.29, 0.717) is 11.8 Å². The fourth-order valence-corrected chi connectivity index (χ4v) is 7.64. The van der Waals surface area contributed by atoms with E-state index in [1.165, 1.54) is 33.0 Å². The van der Waals surface area contributed by atoms with Crippen LogP contribution in [-0.4, -0.2) is 13.1 Å². The van der Waals surface area contributed by atoms with Gasteiger partial charge in [0.25, 0.3) is 0 Å². The van der Waals surface area contributed by atoms with Crippen LogP contribution in [0.3, 0.4) is 0 Å². The van der Waals surface area contributed by atoms with Crippen LogP contribution in [0.4, 0.5) is 0 Å². The summed E-state index contributed by atoms with van der Waals surface area (Å²) in [6, 6.07) is 5.00. The van der Waals surface area contributed by atoms with Gasteiger partial charge in [-0.1, -0.05) is 44.6 Å². The van der Waals surface area contributed by atoms with Gasteiger partial charge in [0, 0.05) is 6.92 Å². The topological polar surface area (TPSA) is 30.2 Å². The first-order valence-corrected chi connectivity index (χ1v) is 12.8. The SMILES string of the molecule is CC[n+]1c(-c2cc3c(cc2C(C)C)CC[C@H]2[C@](C)(C(=O)OC)CCC[C@]32C)csc1C. The molecule has 4 heteroatoms. The molecule has 0 radical (unpaired) electrons. The molecule has 0 spiro atoms. The number of carbonyl (C=O) groups is 1. The molecule has 0 saturated heterocycles. The van der Waals surface area contributed by atoms with Gasteiger partial charge in [-0.05, 0) is 79.5 Å². The fourth-order valence-electron chi connectivity index (χ4n) is 6.75. The molecule has 1 fully saturated rings. The molecule has 1 aromatic carbocycles. The number of esters is 1. The third-order valence-corrected chi connectivity index (χ3v) is 9.30. The minimum atomic E-state index is -0.390. The van der Waals surface area contributed by atoms with Crippen LogP contribution in [0, 0.1) is 18.3 Å². The number of ether oxygens (including phenoxy) is 1. The molecule has 3 nitrogen and oxygen atoms in total. The monoisotopic (exact) mass is 440 g/mol. The second-order valence-corrected chi connectivity index (χ2v) is 11.5. The van der Waals surface area contributed by atoms with Gasteiger partial charge >= 0.3 is 5.97 Å².